The third kappa shape index (κ3) is 4.72. The van der Waals surface area contributed by atoms with E-state index in [0.717, 1.165) is 0 Å². The third-order valence-electron chi connectivity index (χ3n) is 4.55. The first kappa shape index (κ1) is 17.3. The molecule has 0 radical (unpaired) electrons. The van der Waals surface area contributed by atoms with Crippen LogP contribution in [0, 0.1) is 5.92 Å². The fourth-order valence-corrected chi connectivity index (χ4v) is 3.08. The van der Waals surface area contributed by atoms with Gasteiger partial charge in [-0.2, -0.15) is 0 Å². The minimum absolute atomic E-state index is 0.219. The SMILES string of the molecule is COc1ccc(C(=O)Nc2ncccc2OCC2CCCCC2)cc1. The Morgan fingerprint density at radius 3 is 2.64 bits per heavy atom. The van der Waals surface area contributed by atoms with Crippen molar-refractivity contribution in [2.75, 3.05) is 19.0 Å². The first-order valence-corrected chi connectivity index (χ1v) is 8.79. The number of rotatable bonds is 6. The molecule has 5 nitrogen and oxygen atoms in total. The van der Waals surface area contributed by atoms with Gasteiger partial charge in [0.15, 0.2) is 11.6 Å². The van der Waals surface area contributed by atoms with Gasteiger partial charge in [-0.25, -0.2) is 4.98 Å². The van der Waals surface area contributed by atoms with Gasteiger partial charge in [-0.1, -0.05) is 19.3 Å². The Morgan fingerprint density at radius 2 is 1.92 bits per heavy atom. The second kappa shape index (κ2) is 8.51. The molecule has 0 spiro atoms. The molecular formula is C20H24N2O3. The maximum absolute atomic E-state index is 12.4. The van der Waals surface area contributed by atoms with E-state index in [1.165, 1.54) is 32.1 Å². The summed E-state index contributed by atoms with van der Waals surface area (Å²) >= 11 is 0. The number of anilines is 1. The molecule has 0 atom stereocenters. The maximum Gasteiger partial charge on any atom is 0.256 e. The van der Waals surface area contributed by atoms with Crippen molar-refractivity contribution in [2.45, 2.75) is 32.1 Å². The highest BCUT2D eigenvalue weighted by molar-refractivity contribution is 6.04. The summed E-state index contributed by atoms with van der Waals surface area (Å²) in [6, 6.07) is 10.6. The van der Waals surface area contributed by atoms with Gasteiger partial charge in [0.05, 0.1) is 13.7 Å². The number of hydrogen-bond donors (Lipinski definition) is 1. The number of methoxy groups -OCH3 is 1. The Hall–Kier alpha value is -2.56. The zero-order chi connectivity index (χ0) is 17.5. The summed E-state index contributed by atoms with van der Waals surface area (Å²) in [7, 11) is 1.60. The quantitative estimate of drug-likeness (QED) is 0.851. The molecule has 1 fully saturated rings. The fraction of sp³-hybridized carbons (Fsp3) is 0.400. The molecule has 1 heterocycles. The van der Waals surface area contributed by atoms with Crippen molar-refractivity contribution in [1.29, 1.82) is 0 Å². The van der Waals surface area contributed by atoms with Crippen LogP contribution >= 0.6 is 0 Å². The number of carbonyl (C=O) groups excluding carboxylic acids is 1. The molecule has 1 aliphatic carbocycles. The summed E-state index contributed by atoms with van der Waals surface area (Å²) in [5, 5.41) is 2.84. The Bertz CT molecular complexity index is 694. The Labute approximate surface area is 148 Å². The second-order valence-corrected chi connectivity index (χ2v) is 6.35. The lowest BCUT2D eigenvalue weighted by Crippen LogP contribution is -2.17. The van der Waals surface area contributed by atoms with Crippen molar-refractivity contribution >= 4 is 11.7 Å². The lowest BCUT2D eigenvalue weighted by Gasteiger charge is -2.22. The number of ether oxygens (including phenoxy) is 2. The molecule has 0 unspecified atom stereocenters. The van der Waals surface area contributed by atoms with Gasteiger partial charge in [-0.3, -0.25) is 4.79 Å². The molecule has 0 bridgehead atoms. The van der Waals surface area contributed by atoms with E-state index in [-0.39, 0.29) is 5.91 Å². The van der Waals surface area contributed by atoms with Gasteiger partial charge in [0.1, 0.15) is 5.75 Å². The summed E-state index contributed by atoms with van der Waals surface area (Å²) in [6.07, 6.45) is 7.97. The van der Waals surface area contributed by atoms with Gasteiger partial charge in [0, 0.05) is 11.8 Å². The predicted molar refractivity (Wildman–Crippen MR) is 97.3 cm³/mol. The molecule has 25 heavy (non-hydrogen) atoms. The van der Waals surface area contributed by atoms with Crippen LogP contribution in [0.4, 0.5) is 5.82 Å². The van der Waals surface area contributed by atoms with E-state index in [1.807, 2.05) is 12.1 Å². The standard InChI is InChI=1S/C20H24N2O3/c1-24-17-11-9-16(10-12-17)20(23)22-19-18(8-5-13-21-19)25-14-15-6-3-2-4-7-15/h5,8-13,15H,2-4,6-7,14H2,1H3,(H,21,22,23). The summed E-state index contributed by atoms with van der Waals surface area (Å²) in [6.45, 7) is 0.678. The molecule has 5 heteroatoms. The van der Waals surface area contributed by atoms with E-state index in [1.54, 1.807) is 37.6 Å². The van der Waals surface area contributed by atoms with Crippen molar-refractivity contribution < 1.29 is 14.3 Å². The van der Waals surface area contributed by atoms with Gasteiger partial charge in [0.2, 0.25) is 0 Å². The van der Waals surface area contributed by atoms with Gasteiger partial charge >= 0.3 is 0 Å². The van der Waals surface area contributed by atoms with Crippen LogP contribution < -0.4 is 14.8 Å². The largest absolute Gasteiger partial charge is 0.497 e. The fourth-order valence-electron chi connectivity index (χ4n) is 3.08. The van der Waals surface area contributed by atoms with E-state index < -0.39 is 0 Å². The number of amides is 1. The van der Waals surface area contributed by atoms with E-state index in [4.69, 9.17) is 9.47 Å². The van der Waals surface area contributed by atoms with E-state index >= 15 is 0 Å². The zero-order valence-electron chi connectivity index (χ0n) is 14.5. The monoisotopic (exact) mass is 340 g/mol. The van der Waals surface area contributed by atoms with Crippen LogP contribution in [0.3, 0.4) is 0 Å². The Balaban J connectivity index is 1.64. The number of pyridine rings is 1. The average Bonchev–Trinajstić information content (AvgIpc) is 2.68. The molecule has 0 saturated heterocycles. The molecule has 1 amide bonds. The van der Waals surface area contributed by atoms with E-state index in [0.29, 0.717) is 35.4 Å². The number of aromatic nitrogens is 1. The van der Waals surface area contributed by atoms with Crippen LogP contribution in [0.2, 0.25) is 0 Å². The molecule has 1 aromatic heterocycles. The normalized spacial score (nSPS) is 14.8. The third-order valence-corrected chi connectivity index (χ3v) is 4.55. The lowest BCUT2D eigenvalue weighted by atomic mass is 9.90. The van der Waals surface area contributed by atoms with Gasteiger partial charge in [0.25, 0.3) is 5.91 Å². The maximum atomic E-state index is 12.4. The summed E-state index contributed by atoms with van der Waals surface area (Å²) in [5.74, 6) is 2.17. The highest BCUT2D eigenvalue weighted by atomic mass is 16.5. The van der Waals surface area contributed by atoms with Crippen molar-refractivity contribution in [3.63, 3.8) is 0 Å². The second-order valence-electron chi connectivity index (χ2n) is 6.35. The zero-order valence-corrected chi connectivity index (χ0v) is 14.5. The topological polar surface area (TPSA) is 60.5 Å². The first-order chi connectivity index (χ1) is 12.3. The predicted octanol–water partition coefficient (Wildman–Crippen LogP) is 4.30. The van der Waals surface area contributed by atoms with Crippen molar-refractivity contribution in [3.05, 3.63) is 48.2 Å². The molecule has 1 N–H and O–H groups in total. The summed E-state index contributed by atoms with van der Waals surface area (Å²) in [5.41, 5.74) is 0.546. The van der Waals surface area contributed by atoms with E-state index in [9.17, 15) is 4.79 Å². The Morgan fingerprint density at radius 1 is 1.16 bits per heavy atom. The number of carbonyl (C=O) groups is 1. The molecule has 1 saturated carbocycles. The molecule has 1 aromatic carbocycles. The Kier molecular flexibility index (Phi) is 5.88. The average molecular weight is 340 g/mol. The van der Waals surface area contributed by atoms with Crippen LogP contribution in [0.5, 0.6) is 11.5 Å². The molecular weight excluding hydrogens is 316 g/mol. The van der Waals surface area contributed by atoms with Crippen LogP contribution in [-0.4, -0.2) is 24.6 Å². The van der Waals surface area contributed by atoms with Crippen molar-refractivity contribution in [1.82, 2.24) is 4.98 Å². The van der Waals surface area contributed by atoms with Gasteiger partial charge < -0.3 is 14.8 Å². The van der Waals surface area contributed by atoms with Gasteiger partial charge in [-0.05, 0) is 55.2 Å². The minimum Gasteiger partial charge on any atom is -0.497 e. The highest BCUT2D eigenvalue weighted by Gasteiger charge is 2.16. The number of nitrogens with zero attached hydrogens (tertiary/aromatic N) is 1. The van der Waals surface area contributed by atoms with Crippen LogP contribution in [-0.2, 0) is 0 Å². The molecule has 1 aliphatic rings. The lowest BCUT2D eigenvalue weighted by molar-refractivity contribution is 0.102. The van der Waals surface area contributed by atoms with Crippen LogP contribution in [0.15, 0.2) is 42.6 Å². The number of nitrogens with one attached hydrogen (secondary N) is 1. The van der Waals surface area contributed by atoms with Crippen molar-refractivity contribution in [3.8, 4) is 11.5 Å². The molecule has 3 rings (SSSR count). The van der Waals surface area contributed by atoms with Crippen molar-refractivity contribution in [2.24, 2.45) is 5.92 Å². The number of hydrogen-bond acceptors (Lipinski definition) is 4. The van der Waals surface area contributed by atoms with Crippen LogP contribution in [0.1, 0.15) is 42.5 Å². The minimum atomic E-state index is -0.219. The molecule has 132 valence electrons. The highest BCUT2D eigenvalue weighted by Crippen LogP contribution is 2.27. The van der Waals surface area contributed by atoms with E-state index in [2.05, 4.69) is 10.3 Å². The smallest absolute Gasteiger partial charge is 0.256 e. The van der Waals surface area contributed by atoms with Crippen LogP contribution in [0.25, 0.3) is 0 Å². The first-order valence-electron chi connectivity index (χ1n) is 8.79. The summed E-state index contributed by atoms with van der Waals surface area (Å²) < 4.78 is 11.1. The molecule has 0 aliphatic heterocycles. The number of benzene rings is 1. The molecule has 2 aromatic rings. The van der Waals surface area contributed by atoms with Gasteiger partial charge in [-0.15, -0.1) is 0 Å². The summed E-state index contributed by atoms with van der Waals surface area (Å²) in [4.78, 5) is 16.7.